The van der Waals surface area contributed by atoms with Crippen LogP contribution in [0.15, 0.2) is 36.7 Å². The summed E-state index contributed by atoms with van der Waals surface area (Å²) in [5.74, 6) is -0.486. The van der Waals surface area contributed by atoms with Gasteiger partial charge in [-0.3, -0.25) is 9.89 Å². The number of hydrogen-bond acceptors (Lipinski definition) is 2. The lowest BCUT2D eigenvalue weighted by Crippen LogP contribution is -2.34. The Bertz CT molecular complexity index is 532. The summed E-state index contributed by atoms with van der Waals surface area (Å²) < 4.78 is 12.9. The zero-order valence-corrected chi connectivity index (χ0v) is 10.2. The number of anilines is 1. The van der Waals surface area contributed by atoms with Crippen molar-refractivity contribution in [3.63, 3.8) is 0 Å². The molecule has 0 aliphatic rings. The molecule has 1 heterocycles. The lowest BCUT2D eigenvalue weighted by molar-refractivity contribution is -0.120. The van der Waals surface area contributed by atoms with Crippen molar-refractivity contribution in [1.29, 1.82) is 0 Å². The van der Waals surface area contributed by atoms with Gasteiger partial charge >= 0.3 is 0 Å². The van der Waals surface area contributed by atoms with Crippen molar-refractivity contribution in [2.45, 2.75) is 19.3 Å². The van der Waals surface area contributed by atoms with Gasteiger partial charge in [0, 0.05) is 6.20 Å². The molecular formula is C13H14FN3O. The zero-order chi connectivity index (χ0) is 13.2. The summed E-state index contributed by atoms with van der Waals surface area (Å²) in [5.41, 5.74) is 0.616. The second kappa shape index (κ2) is 4.60. The number of aromatic nitrogens is 2. The molecule has 2 rings (SSSR count). The standard InChI is InChI=1S/C13H14FN3O/c1-13(2,9-3-5-10(14)6-4-9)12(18)17-11-7-15-16-8-11/h3-8H,1-2H3,(H,15,16)(H,17,18). The van der Waals surface area contributed by atoms with Gasteiger partial charge in [-0.25, -0.2) is 4.39 Å². The normalized spacial score (nSPS) is 11.3. The van der Waals surface area contributed by atoms with Gasteiger partial charge in [0.15, 0.2) is 0 Å². The van der Waals surface area contributed by atoms with Crippen LogP contribution in [0.5, 0.6) is 0 Å². The van der Waals surface area contributed by atoms with Crippen LogP contribution >= 0.6 is 0 Å². The number of benzene rings is 1. The zero-order valence-electron chi connectivity index (χ0n) is 10.2. The van der Waals surface area contributed by atoms with Crippen LogP contribution in [-0.2, 0) is 10.2 Å². The minimum atomic E-state index is -0.745. The Morgan fingerprint density at radius 1 is 1.33 bits per heavy atom. The lowest BCUT2D eigenvalue weighted by Gasteiger charge is -2.23. The Kier molecular flexibility index (Phi) is 3.14. The summed E-state index contributed by atoms with van der Waals surface area (Å²) in [5, 5.41) is 9.12. The third-order valence-electron chi connectivity index (χ3n) is 2.89. The van der Waals surface area contributed by atoms with E-state index in [1.54, 1.807) is 32.2 Å². The van der Waals surface area contributed by atoms with Crippen LogP contribution in [0, 0.1) is 5.82 Å². The largest absolute Gasteiger partial charge is 0.323 e. The second-order valence-electron chi connectivity index (χ2n) is 4.57. The summed E-state index contributed by atoms with van der Waals surface area (Å²) >= 11 is 0. The first-order chi connectivity index (χ1) is 8.50. The minimum absolute atomic E-state index is 0.171. The Morgan fingerprint density at radius 3 is 2.56 bits per heavy atom. The quantitative estimate of drug-likeness (QED) is 0.875. The molecule has 0 bridgehead atoms. The molecule has 0 saturated heterocycles. The van der Waals surface area contributed by atoms with Gasteiger partial charge in [-0.1, -0.05) is 12.1 Å². The molecule has 4 nitrogen and oxygen atoms in total. The van der Waals surface area contributed by atoms with Gasteiger partial charge in [0.25, 0.3) is 0 Å². The van der Waals surface area contributed by atoms with E-state index in [-0.39, 0.29) is 11.7 Å². The predicted octanol–water partition coefficient (Wildman–Crippen LogP) is 2.47. The van der Waals surface area contributed by atoms with Crippen LogP contribution in [0.1, 0.15) is 19.4 Å². The summed E-state index contributed by atoms with van der Waals surface area (Å²) in [6.45, 7) is 3.57. The maximum Gasteiger partial charge on any atom is 0.234 e. The molecule has 0 aliphatic carbocycles. The Morgan fingerprint density at radius 2 is 2.00 bits per heavy atom. The number of halogens is 1. The first kappa shape index (κ1) is 12.3. The van der Waals surface area contributed by atoms with Gasteiger partial charge in [0.2, 0.25) is 5.91 Å². The van der Waals surface area contributed by atoms with Crippen molar-refractivity contribution in [3.8, 4) is 0 Å². The van der Waals surface area contributed by atoms with E-state index in [0.29, 0.717) is 5.69 Å². The third-order valence-corrected chi connectivity index (χ3v) is 2.89. The molecule has 0 radical (unpaired) electrons. The molecule has 1 aromatic carbocycles. The van der Waals surface area contributed by atoms with Crippen molar-refractivity contribution in [2.24, 2.45) is 0 Å². The van der Waals surface area contributed by atoms with Crippen molar-refractivity contribution in [2.75, 3.05) is 5.32 Å². The SMILES string of the molecule is CC(C)(C(=O)Nc1cn[nH]c1)c1ccc(F)cc1. The minimum Gasteiger partial charge on any atom is -0.323 e. The molecular weight excluding hydrogens is 233 g/mol. The van der Waals surface area contributed by atoms with E-state index in [1.165, 1.54) is 18.3 Å². The highest BCUT2D eigenvalue weighted by molar-refractivity contribution is 5.98. The van der Waals surface area contributed by atoms with E-state index in [2.05, 4.69) is 15.5 Å². The van der Waals surface area contributed by atoms with Gasteiger partial charge < -0.3 is 5.32 Å². The highest BCUT2D eigenvalue weighted by Gasteiger charge is 2.29. The first-order valence-corrected chi connectivity index (χ1v) is 5.56. The average molecular weight is 247 g/mol. The second-order valence-corrected chi connectivity index (χ2v) is 4.57. The molecule has 0 atom stereocenters. The lowest BCUT2D eigenvalue weighted by atomic mass is 9.83. The fraction of sp³-hybridized carbons (Fsp3) is 0.231. The number of nitrogens with zero attached hydrogens (tertiary/aromatic N) is 1. The predicted molar refractivity (Wildman–Crippen MR) is 66.6 cm³/mol. The van der Waals surface area contributed by atoms with Crippen LogP contribution in [0.4, 0.5) is 10.1 Å². The molecule has 18 heavy (non-hydrogen) atoms. The van der Waals surface area contributed by atoms with E-state index < -0.39 is 5.41 Å². The summed E-state index contributed by atoms with van der Waals surface area (Å²) in [6, 6.07) is 5.93. The Labute approximate surface area is 104 Å². The number of nitrogens with one attached hydrogen (secondary N) is 2. The first-order valence-electron chi connectivity index (χ1n) is 5.56. The molecule has 0 fully saturated rings. The number of rotatable bonds is 3. The molecule has 2 aromatic rings. The Hall–Kier alpha value is -2.17. The monoisotopic (exact) mass is 247 g/mol. The fourth-order valence-corrected chi connectivity index (χ4v) is 1.60. The van der Waals surface area contributed by atoms with Crippen molar-refractivity contribution >= 4 is 11.6 Å². The number of carbonyl (C=O) groups excluding carboxylic acids is 1. The average Bonchev–Trinajstić information content (AvgIpc) is 2.82. The van der Waals surface area contributed by atoms with Gasteiger partial charge in [-0.2, -0.15) is 5.10 Å². The fourth-order valence-electron chi connectivity index (χ4n) is 1.60. The van der Waals surface area contributed by atoms with E-state index >= 15 is 0 Å². The molecule has 5 heteroatoms. The summed E-state index contributed by atoms with van der Waals surface area (Å²) in [7, 11) is 0. The van der Waals surface area contributed by atoms with Crippen molar-refractivity contribution in [3.05, 3.63) is 48.0 Å². The molecule has 0 spiro atoms. The highest BCUT2D eigenvalue weighted by atomic mass is 19.1. The van der Waals surface area contributed by atoms with Crippen LogP contribution < -0.4 is 5.32 Å². The Balaban J connectivity index is 2.19. The number of hydrogen-bond donors (Lipinski definition) is 2. The number of amides is 1. The van der Waals surface area contributed by atoms with Gasteiger partial charge in [0.1, 0.15) is 5.82 Å². The number of aromatic amines is 1. The van der Waals surface area contributed by atoms with Crippen LogP contribution in [0.3, 0.4) is 0 Å². The smallest absolute Gasteiger partial charge is 0.234 e. The van der Waals surface area contributed by atoms with Crippen LogP contribution in [0.2, 0.25) is 0 Å². The van der Waals surface area contributed by atoms with E-state index in [9.17, 15) is 9.18 Å². The molecule has 1 amide bonds. The van der Waals surface area contributed by atoms with Crippen molar-refractivity contribution in [1.82, 2.24) is 10.2 Å². The van der Waals surface area contributed by atoms with Gasteiger partial charge in [-0.05, 0) is 31.5 Å². The maximum atomic E-state index is 12.9. The van der Waals surface area contributed by atoms with Crippen molar-refractivity contribution < 1.29 is 9.18 Å². The summed E-state index contributed by atoms with van der Waals surface area (Å²) in [6.07, 6.45) is 3.12. The summed E-state index contributed by atoms with van der Waals surface area (Å²) in [4.78, 5) is 12.2. The van der Waals surface area contributed by atoms with Gasteiger partial charge in [0.05, 0.1) is 17.3 Å². The molecule has 0 saturated carbocycles. The van der Waals surface area contributed by atoms with Crippen LogP contribution in [-0.4, -0.2) is 16.1 Å². The number of carbonyl (C=O) groups is 1. The molecule has 94 valence electrons. The van der Waals surface area contributed by atoms with Crippen LogP contribution in [0.25, 0.3) is 0 Å². The number of H-pyrrole nitrogens is 1. The highest BCUT2D eigenvalue weighted by Crippen LogP contribution is 2.25. The molecule has 1 aromatic heterocycles. The molecule has 0 unspecified atom stereocenters. The van der Waals surface area contributed by atoms with E-state index in [1.807, 2.05) is 0 Å². The van der Waals surface area contributed by atoms with E-state index in [4.69, 9.17) is 0 Å². The molecule has 0 aliphatic heterocycles. The topological polar surface area (TPSA) is 57.8 Å². The maximum absolute atomic E-state index is 12.9. The molecule has 2 N–H and O–H groups in total. The van der Waals surface area contributed by atoms with E-state index in [0.717, 1.165) is 5.56 Å². The third kappa shape index (κ3) is 2.40. The van der Waals surface area contributed by atoms with Gasteiger partial charge in [-0.15, -0.1) is 0 Å².